The summed E-state index contributed by atoms with van der Waals surface area (Å²) < 4.78 is 0. The fourth-order valence-electron chi connectivity index (χ4n) is 3.20. The minimum atomic E-state index is 0. The average Bonchev–Trinajstić information content (AvgIpc) is 2.63. The predicted molar refractivity (Wildman–Crippen MR) is 121 cm³/mol. The van der Waals surface area contributed by atoms with Gasteiger partial charge in [-0.1, -0.05) is 69.2 Å². The molecule has 0 aromatic heterocycles. The third-order valence-electron chi connectivity index (χ3n) is 4.68. The second-order valence-corrected chi connectivity index (χ2v) is 6.72. The van der Waals surface area contributed by atoms with Crippen LogP contribution in [-0.4, -0.2) is 31.1 Å². The third kappa shape index (κ3) is 8.73. The van der Waals surface area contributed by atoms with Gasteiger partial charge in [-0.2, -0.15) is 0 Å². The number of fused-ring (bicyclic) bond motifs is 1. The highest BCUT2D eigenvalue weighted by molar-refractivity contribution is 5.86. The van der Waals surface area contributed by atoms with E-state index in [1.807, 2.05) is 0 Å². The van der Waals surface area contributed by atoms with Crippen molar-refractivity contribution in [1.29, 1.82) is 0 Å². The molecule has 2 rings (SSSR count). The number of benzene rings is 2. The lowest BCUT2D eigenvalue weighted by Crippen LogP contribution is -2.29. The smallest absolute Gasteiger partial charge is 0.0211 e. The van der Waals surface area contributed by atoms with Crippen LogP contribution in [0.3, 0.4) is 0 Å². The summed E-state index contributed by atoms with van der Waals surface area (Å²) in [7, 11) is 0. The Labute approximate surface area is 172 Å². The van der Waals surface area contributed by atoms with Crippen molar-refractivity contribution in [3.63, 3.8) is 0 Å². The molecule has 0 unspecified atom stereocenters. The molecule has 2 nitrogen and oxygen atoms in total. The summed E-state index contributed by atoms with van der Waals surface area (Å²) in [6, 6.07) is 15.3. The summed E-state index contributed by atoms with van der Waals surface area (Å²) in [5.74, 6) is 0. The number of hydrogen-bond donors (Lipinski definition) is 1. The zero-order valence-corrected chi connectivity index (χ0v) is 18.0. The lowest BCUT2D eigenvalue weighted by molar-refractivity contribution is 0.261. The van der Waals surface area contributed by atoms with Gasteiger partial charge in [0.1, 0.15) is 0 Å². The van der Waals surface area contributed by atoms with E-state index in [4.69, 9.17) is 0 Å². The van der Waals surface area contributed by atoms with Gasteiger partial charge >= 0.3 is 0 Å². The van der Waals surface area contributed by atoms with E-state index >= 15 is 0 Å². The summed E-state index contributed by atoms with van der Waals surface area (Å²) in [6.45, 7) is 10.4. The van der Waals surface area contributed by atoms with Crippen LogP contribution in [0.1, 0.15) is 51.5 Å². The molecule has 0 amide bonds. The molecule has 1 N–H and O–H groups in total. The molecule has 26 heavy (non-hydrogen) atoms. The maximum atomic E-state index is 3.63. The molecule has 0 aliphatic carbocycles. The van der Waals surface area contributed by atoms with Gasteiger partial charge in [-0.25, -0.2) is 0 Å². The second kappa shape index (κ2) is 15.3. The van der Waals surface area contributed by atoms with E-state index in [1.165, 1.54) is 68.1 Å². The normalized spacial score (nSPS) is 10.6. The zero-order valence-electron chi connectivity index (χ0n) is 16.4. The number of rotatable bonds is 12. The van der Waals surface area contributed by atoms with Gasteiger partial charge in [0.25, 0.3) is 0 Å². The van der Waals surface area contributed by atoms with Crippen LogP contribution in [0.25, 0.3) is 10.8 Å². The van der Waals surface area contributed by atoms with Gasteiger partial charge < -0.3 is 10.2 Å². The highest BCUT2D eigenvalue weighted by atomic mass is 35.5. The lowest BCUT2D eigenvalue weighted by Gasteiger charge is -2.22. The maximum absolute atomic E-state index is 3.63. The van der Waals surface area contributed by atoms with Crippen molar-refractivity contribution in [2.75, 3.05) is 26.2 Å². The molecule has 2 aromatic carbocycles. The molecule has 0 radical (unpaired) electrons. The molecule has 4 heteroatoms. The Hall–Kier alpha value is -0.800. The molecular formula is C22H36Cl2N2. The van der Waals surface area contributed by atoms with Gasteiger partial charge in [-0.15, -0.1) is 24.8 Å². The van der Waals surface area contributed by atoms with Crippen molar-refractivity contribution in [3.8, 4) is 0 Å². The van der Waals surface area contributed by atoms with Crippen LogP contribution in [0.2, 0.25) is 0 Å². The summed E-state index contributed by atoms with van der Waals surface area (Å²) in [6.07, 6.45) is 6.47. The molecular weight excluding hydrogens is 363 g/mol. The molecule has 148 valence electrons. The fraction of sp³-hybridized carbons (Fsp3) is 0.545. The summed E-state index contributed by atoms with van der Waals surface area (Å²) in [4.78, 5) is 2.65. The molecule has 0 fully saturated rings. The summed E-state index contributed by atoms with van der Waals surface area (Å²) >= 11 is 0. The van der Waals surface area contributed by atoms with E-state index in [0.717, 1.165) is 13.1 Å². The largest absolute Gasteiger partial charge is 0.313 e. The van der Waals surface area contributed by atoms with Gasteiger partial charge in [0.05, 0.1) is 0 Å². The molecule has 0 bridgehead atoms. The van der Waals surface area contributed by atoms with Gasteiger partial charge in [-0.3, -0.25) is 0 Å². The molecule has 0 spiro atoms. The first kappa shape index (κ1) is 25.2. The first-order valence-corrected chi connectivity index (χ1v) is 9.74. The quantitative estimate of drug-likeness (QED) is 0.436. The Bertz CT molecular complexity index is 576. The van der Waals surface area contributed by atoms with Crippen LogP contribution in [0.5, 0.6) is 0 Å². The van der Waals surface area contributed by atoms with E-state index in [1.54, 1.807) is 0 Å². The van der Waals surface area contributed by atoms with E-state index in [9.17, 15) is 0 Å². The Morgan fingerprint density at radius 1 is 0.769 bits per heavy atom. The molecule has 0 heterocycles. The van der Waals surface area contributed by atoms with Gasteiger partial charge in [0.15, 0.2) is 0 Å². The molecule has 0 aliphatic rings. The number of hydrogen-bond acceptors (Lipinski definition) is 2. The van der Waals surface area contributed by atoms with E-state index in [2.05, 4.69) is 66.5 Å². The SMILES string of the molecule is CCCCN(CCCC)CCCNCc1cccc2ccccc12.Cl.Cl. The Morgan fingerprint density at radius 2 is 1.38 bits per heavy atom. The van der Waals surface area contributed by atoms with Crippen LogP contribution in [0.15, 0.2) is 42.5 Å². The number of nitrogens with one attached hydrogen (secondary N) is 1. The van der Waals surface area contributed by atoms with E-state index < -0.39 is 0 Å². The standard InChI is InChI=1S/C22H34N2.2ClH/c1-3-5-16-24(17-6-4-2)18-10-15-23-19-21-13-9-12-20-11-7-8-14-22(20)21;;/h7-9,11-14,23H,3-6,10,15-19H2,1-2H3;2*1H. The predicted octanol–water partition coefficient (Wildman–Crippen LogP) is 6.07. The van der Waals surface area contributed by atoms with Crippen molar-refractivity contribution in [2.24, 2.45) is 0 Å². The van der Waals surface area contributed by atoms with Crippen LogP contribution in [0, 0.1) is 0 Å². The minimum Gasteiger partial charge on any atom is -0.313 e. The van der Waals surface area contributed by atoms with Crippen molar-refractivity contribution in [2.45, 2.75) is 52.5 Å². The first-order chi connectivity index (χ1) is 11.8. The monoisotopic (exact) mass is 398 g/mol. The molecule has 0 atom stereocenters. The maximum Gasteiger partial charge on any atom is 0.0211 e. The third-order valence-corrected chi connectivity index (χ3v) is 4.68. The Morgan fingerprint density at radius 3 is 2.08 bits per heavy atom. The topological polar surface area (TPSA) is 15.3 Å². The zero-order chi connectivity index (χ0) is 17.0. The van der Waals surface area contributed by atoms with Crippen molar-refractivity contribution in [1.82, 2.24) is 10.2 Å². The van der Waals surface area contributed by atoms with Crippen LogP contribution in [-0.2, 0) is 6.54 Å². The lowest BCUT2D eigenvalue weighted by atomic mass is 10.0. The molecule has 2 aromatic rings. The van der Waals surface area contributed by atoms with Gasteiger partial charge in [0, 0.05) is 6.54 Å². The number of halogens is 2. The molecule has 0 saturated carbocycles. The number of nitrogens with zero attached hydrogens (tertiary/aromatic N) is 1. The Balaban J connectivity index is 0.00000312. The van der Waals surface area contributed by atoms with Gasteiger partial charge in [0.2, 0.25) is 0 Å². The fourth-order valence-corrected chi connectivity index (χ4v) is 3.20. The van der Waals surface area contributed by atoms with E-state index in [0.29, 0.717) is 0 Å². The van der Waals surface area contributed by atoms with Crippen LogP contribution in [0.4, 0.5) is 0 Å². The Kier molecular flexibility index (Phi) is 14.8. The highest BCUT2D eigenvalue weighted by Crippen LogP contribution is 2.18. The van der Waals surface area contributed by atoms with Crippen LogP contribution < -0.4 is 5.32 Å². The van der Waals surface area contributed by atoms with Gasteiger partial charge in [-0.05, 0) is 61.8 Å². The molecule has 0 saturated heterocycles. The summed E-state index contributed by atoms with van der Waals surface area (Å²) in [5, 5.41) is 6.35. The van der Waals surface area contributed by atoms with E-state index in [-0.39, 0.29) is 24.8 Å². The van der Waals surface area contributed by atoms with Crippen molar-refractivity contribution < 1.29 is 0 Å². The average molecular weight is 399 g/mol. The number of unbranched alkanes of at least 4 members (excludes halogenated alkanes) is 2. The second-order valence-electron chi connectivity index (χ2n) is 6.72. The first-order valence-electron chi connectivity index (χ1n) is 9.74. The summed E-state index contributed by atoms with van der Waals surface area (Å²) in [5.41, 5.74) is 1.40. The van der Waals surface area contributed by atoms with Crippen molar-refractivity contribution in [3.05, 3.63) is 48.0 Å². The highest BCUT2D eigenvalue weighted by Gasteiger charge is 2.04. The van der Waals surface area contributed by atoms with Crippen LogP contribution >= 0.6 is 24.8 Å². The molecule has 0 aliphatic heterocycles. The minimum absolute atomic E-state index is 0. The van der Waals surface area contributed by atoms with Crippen molar-refractivity contribution >= 4 is 35.6 Å².